The second kappa shape index (κ2) is 5.40. The Morgan fingerprint density at radius 3 is 2.52 bits per heavy atom. The molecule has 1 aromatic carbocycles. The summed E-state index contributed by atoms with van der Waals surface area (Å²) in [5, 5.41) is 0.510. The van der Waals surface area contributed by atoms with Crippen LogP contribution >= 0.6 is 0 Å². The van der Waals surface area contributed by atoms with E-state index in [1.165, 1.54) is 22.8 Å². The second-order valence-corrected chi connectivity index (χ2v) is 4.93. The molecule has 0 saturated carbocycles. The van der Waals surface area contributed by atoms with E-state index in [9.17, 15) is 18.0 Å². The summed E-state index contributed by atoms with van der Waals surface area (Å²) in [4.78, 5) is 14.0. The van der Waals surface area contributed by atoms with Crippen molar-refractivity contribution in [3.8, 4) is 5.75 Å². The van der Waals surface area contributed by atoms with Crippen LogP contribution in [0.25, 0.3) is 10.9 Å². The molecule has 0 spiro atoms. The molecule has 0 aliphatic carbocycles. The molecule has 1 unspecified atom stereocenters. The zero-order valence-corrected chi connectivity index (χ0v) is 11.8. The predicted octanol–water partition coefficient (Wildman–Crippen LogP) is 3.13. The van der Waals surface area contributed by atoms with Crippen molar-refractivity contribution in [2.24, 2.45) is 0 Å². The molecular formula is C14H15F3N2O2. The fourth-order valence-corrected chi connectivity index (χ4v) is 1.93. The first-order valence-electron chi connectivity index (χ1n) is 6.26. The summed E-state index contributed by atoms with van der Waals surface area (Å²) in [6.45, 7) is 1.76. The molecule has 0 amide bonds. The standard InChI is InChI=1S/C14H15F3N2O2/c1-9(18(2)3)13(20)19-7-6-10-8-11(4-5-12(10)19)21-14(15,16)17/h4-9H,1-3H3. The van der Waals surface area contributed by atoms with Gasteiger partial charge in [-0.05, 0) is 45.3 Å². The van der Waals surface area contributed by atoms with Gasteiger partial charge in [0.25, 0.3) is 0 Å². The molecule has 0 fully saturated rings. The quantitative estimate of drug-likeness (QED) is 0.873. The molecule has 0 aliphatic heterocycles. The summed E-state index contributed by atoms with van der Waals surface area (Å²) in [5.74, 6) is -0.458. The molecule has 0 bridgehead atoms. The minimum absolute atomic E-state index is 0.153. The van der Waals surface area contributed by atoms with Crippen LogP contribution in [-0.4, -0.2) is 41.9 Å². The molecule has 1 heterocycles. The first kappa shape index (κ1) is 15.4. The Kier molecular flexibility index (Phi) is 3.95. The lowest BCUT2D eigenvalue weighted by molar-refractivity contribution is -0.274. The van der Waals surface area contributed by atoms with Crippen molar-refractivity contribution < 1.29 is 22.7 Å². The SMILES string of the molecule is CC(C(=O)n1ccc2cc(OC(F)(F)F)ccc21)N(C)C. The smallest absolute Gasteiger partial charge is 0.406 e. The Morgan fingerprint density at radius 1 is 1.29 bits per heavy atom. The average molecular weight is 300 g/mol. The van der Waals surface area contributed by atoms with Crippen LogP contribution in [0.2, 0.25) is 0 Å². The highest BCUT2D eigenvalue weighted by molar-refractivity contribution is 5.95. The number of hydrogen-bond acceptors (Lipinski definition) is 3. The number of halogens is 3. The van der Waals surface area contributed by atoms with Crippen LogP contribution in [0.5, 0.6) is 5.75 Å². The first-order valence-corrected chi connectivity index (χ1v) is 6.26. The number of carbonyl (C=O) groups is 1. The summed E-state index contributed by atoms with van der Waals surface area (Å²) in [6, 6.07) is 5.13. The number of likely N-dealkylation sites (N-methyl/N-ethyl adjacent to an activating group) is 1. The van der Waals surface area contributed by atoms with E-state index in [-0.39, 0.29) is 17.7 Å². The van der Waals surface area contributed by atoms with Crippen LogP contribution < -0.4 is 4.74 Å². The zero-order valence-electron chi connectivity index (χ0n) is 11.8. The molecule has 4 nitrogen and oxygen atoms in total. The molecule has 2 aromatic rings. The van der Waals surface area contributed by atoms with E-state index in [2.05, 4.69) is 4.74 Å². The Morgan fingerprint density at radius 2 is 1.95 bits per heavy atom. The average Bonchev–Trinajstić information content (AvgIpc) is 2.77. The monoisotopic (exact) mass is 300 g/mol. The van der Waals surface area contributed by atoms with Crippen LogP contribution in [0.4, 0.5) is 13.2 Å². The van der Waals surface area contributed by atoms with E-state index >= 15 is 0 Å². The van der Waals surface area contributed by atoms with Crippen LogP contribution in [0.3, 0.4) is 0 Å². The van der Waals surface area contributed by atoms with Crippen LogP contribution in [0, 0.1) is 0 Å². The summed E-state index contributed by atoms with van der Waals surface area (Å²) in [6.07, 6.45) is -3.18. The molecule has 0 aliphatic rings. The van der Waals surface area contributed by atoms with Gasteiger partial charge in [0.15, 0.2) is 0 Å². The number of benzene rings is 1. The predicted molar refractivity (Wildman–Crippen MR) is 72.4 cm³/mol. The highest BCUT2D eigenvalue weighted by Gasteiger charge is 2.31. The lowest BCUT2D eigenvalue weighted by Gasteiger charge is -2.19. The van der Waals surface area contributed by atoms with Crippen molar-refractivity contribution in [1.29, 1.82) is 0 Å². The Bertz CT molecular complexity index is 662. The van der Waals surface area contributed by atoms with Gasteiger partial charge in [0.1, 0.15) is 5.75 Å². The summed E-state index contributed by atoms with van der Waals surface area (Å²) in [5.41, 5.74) is 0.545. The van der Waals surface area contributed by atoms with Gasteiger partial charge < -0.3 is 4.74 Å². The molecule has 1 aromatic heterocycles. The minimum Gasteiger partial charge on any atom is -0.406 e. The van der Waals surface area contributed by atoms with Gasteiger partial charge in [0, 0.05) is 11.6 Å². The van der Waals surface area contributed by atoms with Crippen molar-refractivity contribution >= 4 is 16.8 Å². The number of carbonyl (C=O) groups excluding carboxylic acids is 1. The highest BCUT2D eigenvalue weighted by Crippen LogP contribution is 2.27. The van der Waals surface area contributed by atoms with Gasteiger partial charge in [-0.3, -0.25) is 14.3 Å². The molecule has 1 atom stereocenters. The fourth-order valence-electron chi connectivity index (χ4n) is 1.93. The number of nitrogens with zero attached hydrogens (tertiary/aromatic N) is 2. The third-order valence-electron chi connectivity index (χ3n) is 3.26. The number of alkyl halides is 3. The van der Waals surface area contributed by atoms with Crippen LogP contribution in [0.1, 0.15) is 11.7 Å². The van der Waals surface area contributed by atoms with Gasteiger partial charge in [-0.2, -0.15) is 0 Å². The Hall–Kier alpha value is -2.02. The molecule has 21 heavy (non-hydrogen) atoms. The minimum atomic E-state index is -4.73. The number of ether oxygens (including phenoxy) is 1. The maximum atomic E-state index is 12.3. The molecule has 0 radical (unpaired) electrons. The lowest BCUT2D eigenvalue weighted by atomic mass is 10.2. The van der Waals surface area contributed by atoms with E-state index in [0.29, 0.717) is 10.9 Å². The molecule has 0 saturated heterocycles. The maximum absolute atomic E-state index is 12.3. The van der Waals surface area contributed by atoms with Crippen molar-refractivity contribution in [1.82, 2.24) is 9.47 Å². The van der Waals surface area contributed by atoms with Gasteiger partial charge in [-0.15, -0.1) is 13.2 Å². The van der Waals surface area contributed by atoms with Crippen molar-refractivity contribution in [2.75, 3.05) is 14.1 Å². The summed E-state index contributed by atoms with van der Waals surface area (Å²) >= 11 is 0. The topological polar surface area (TPSA) is 34.5 Å². The van der Waals surface area contributed by atoms with E-state index in [0.717, 1.165) is 0 Å². The molecule has 7 heteroatoms. The third kappa shape index (κ3) is 3.36. The van der Waals surface area contributed by atoms with Gasteiger partial charge in [-0.25, -0.2) is 0 Å². The summed E-state index contributed by atoms with van der Waals surface area (Å²) in [7, 11) is 3.56. The number of fused-ring (bicyclic) bond motifs is 1. The van der Waals surface area contributed by atoms with E-state index in [1.54, 1.807) is 38.2 Å². The number of aromatic nitrogens is 1. The number of rotatable bonds is 3. The van der Waals surface area contributed by atoms with E-state index in [4.69, 9.17) is 0 Å². The highest BCUT2D eigenvalue weighted by atomic mass is 19.4. The van der Waals surface area contributed by atoms with Crippen molar-refractivity contribution in [3.05, 3.63) is 30.5 Å². The third-order valence-corrected chi connectivity index (χ3v) is 3.26. The maximum Gasteiger partial charge on any atom is 0.573 e. The molecular weight excluding hydrogens is 285 g/mol. The lowest BCUT2D eigenvalue weighted by Crippen LogP contribution is -2.36. The molecule has 0 N–H and O–H groups in total. The van der Waals surface area contributed by atoms with Gasteiger partial charge in [-0.1, -0.05) is 0 Å². The van der Waals surface area contributed by atoms with Gasteiger partial charge in [0.05, 0.1) is 11.6 Å². The fraction of sp³-hybridized carbons (Fsp3) is 0.357. The largest absolute Gasteiger partial charge is 0.573 e. The van der Waals surface area contributed by atoms with E-state index in [1.807, 2.05) is 0 Å². The normalized spacial score (nSPS) is 13.7. The van der Waals surface area contributed by atoms with Crippen LogP contribution in [-0.2, 0) is 0 Å². The number of hydrogen-bond donors (Lipinski definition) is 0. The molecule has 2 rings (SSSR count). The summed E-state index contributed by atoms with van der Waals surface area (Å²) < 4.78 is 41.8. The van der Waals surface area contributed by atoms with E-state index < -0.39 is 6.36 Å². The van der Waals surface area contributed by atoms with Gasteiger partial charge in [0.2, 0.25) is 5.91 Å². The van der Waals surface area contributed by atoms with Crippen molar-refractivity contribution in [2.45, 2.75) is 19.3 Å². The van der Waals surface area contributed by atoms with Crippen molar-refractivity contribution in [3.63, 3.8) is 0 Å². The zero-order chi connectivity index (χ0) is 15.8. The van der Waals surface area contributed by atoms with Crippen LogP contribution in [0.15, 0.2) is 30.5 Å². The Balaban J connectivity index is 2.35. The Labute approximate surface area is 119 Å². The first-order chi connectivity index (χ1) is 9.69. The second-order valence-electron chi connectivity index (χ2n) is 4.93. The molecule has 114 valence electrons. The van der Waals surface area contributed by atoms with Gasteiger partial charge >= 0.3 is 6.36 Å².